The van der Waals surface area contributed by atoms with E-state index in [0.717, 1.165) is 6.04 Å². The molecule has 2 rings (SSSR count). The lowest BCUT2D eigenvalue weighted by molar-refractivity contribution is 0.0276. The summed E-state index contributed by atoms with van der Waals surface area (Å²) in [6, 6.07) is 0.870. The fraction of sp³-hybridized carbons (Fsp3) is 1.00. The molecule has 0 amide bonds. The molecule has 88 valence electrons. The van der Waals surface area contributed by atoms with E-state index < -0.39 is 0 Å². The molecule has 1 unspecified atom stereocenters. The maximum Gasteiger partial charge on any atom is 0.0224 e. The average Bonchev–Trinajstić information content (AvgIpc) is 2.63. The Morgan fingerprint density at radius 1 is 1.20 bits per heavy atom. The van der Waals surface area contributed by atoms with Gasteiger partial charge in [-0.3, -0.25) is 9.80 Å². The first-order valence-electron chi connectivity index (χ1n) is 6.62. The lowest BCUT2D eigenvalue weighted by Crippen LogP contribution is -2.57. The summed E-state index contributed by atoms with van der Waals surface area (Å²) >= 11 is 0. The third-order valence-electron chi connectivity index (χ3n) is 4.31. The van der Waals surface area contributed by atoms with Gasteiger partial charge in [0, 0.05) is 31.2 Å². The second-order valence-electron chi connectivity index (χ2n) is 5.84. The van der Waals surface area contributed by atoms with Crippen molar-refractivity contribution in [1.82, 2.24) is 9.80 Å². The molecule has 2 aliphatic heterocycles. The van der Waals surface area contributed by atoms with E-state index in [9.17, 15) is 0 Å². The zero-order chi connectivity index (χ0) is 10.9. The third-order valence-corrected chi connectivity index (χ3v) is 4.31. The van der Waals surface area contributed by atoms with Gasteiger partial charge in [-0.2, -0.15) is 0 Å². The molecule has 15 heavy (non-hydrogen) atoms. The molecule has 0 aromatic carbocycles. The van der Waals surface area contributed by atoms with E-state index >= 15 is 0 Å². The van der Waals surface area contributed by atoms with Crippen molar-refractivity contribution in [2.75, 3.05) is 26.2 Å². The number of fused-ring (bicyclic) bond motifs is 1. The number of nitrogens with zero attached hydrogens (tertiary/aromatic N) is 2. The van der Waals surface area contributed by atoms with Crippen molar-refractivity contribution in [3.05, 3.63) is 0 Å². The zero-order valence-corrected chi connectivity index (χ0v) is 10.6. The van der Waals surface area contributed by atoms with E-state index in [1.54, 1.807) is 0 Å². The predicted octanol–water partition coefficient (Wildman–Crippen LogP) is 2.35. The normalized spacial score (nSPS) is 29.4. The monoisotopic (exact) mass is 210 g/mol. The smallest absolute Gasteiger partial charge is 0.0224 e. The molecule has 0 aromatic rings. The predicted molar refractivity (Wildman–Crippen MR) is 65.2 cm³/mol. The van der Waals surface area contributed by atoms with Crippen LogP contribution in [0.3, 0.4) is 0 Å². The van der Waals surface area contributed by atoms with Gasteiger partial charge < -0.3 is 0 Å². The van der Waals surface area contributed by atoms with Gasteiger partial charge in [-0.05, 0) is 39.7 Å². The maximum atomic E-state index is 2.73. The first-order valence-corrected chi connectivity index (χ1v) is 6.62. The highest BCUT2D eigenvalue weighted by Gasteiger charge is 2.35. The van der Waals surface area contributed by atoms with Crippen molar-refractivity contribution in [2.45, 2.75) is 58.0 Å². The molecule has 0 bridgehead atoms. The summed E-state index contributed by atoms with van der Waals surface area (Å²) in [5.41, 5.74) is 0.420. The first kappa shape index (κ1) is 11.4. The number of piperazine rings is 1. The molecule has 2 heteroatoms. The van der Waals surface area contributed by atoms with Crippen LogP contribution < -0.4 is 0 Å². The molecule has 0 aromatic heterocycles. The highest BCUT2D eigenvalue weighted by Crippen LogP contribution is 2.28. The van der Waals surface area contributed by atoms with Gasteiger partial charge in [-0.1, -0.05) is 13.3 Å². The van der Waals surface area contributed by atoms with Crippen LogP contribution in [0.5, 0.6) is 0 Å². The summed E-state index contributed by atoms with van der Waals surface area (Å²) in [5, 5.41) is 0. The van der Waals surface area contributed by atoms with E-state index in [-0.39, 0.29) is 0 Å². The van der Waals surface area contributed by atoms with Gasteiger partial charge >= 0.3 is 0 Å². The van der Waals surface area contributed by atoms with Gasteiger partial charge in [0.2, 0.25) is 0 Å². The molecule has 2 saturated heterocycles. The molecular weight excluding hydrogens is 184 g/mol. The van der Waals surface area contributed by atoms with Gasteiger partial charge in [0.1, 0.15) is 0 Å². The maximum absolute atomic E-state index is 2.73. The molecule has 2 aliphatic rings. The van der Waals surface area contributed by atoms with E-state index in [1.165, 1.54) is 51.9 Å². The van der Waals surface area contributed by atoms with Crippen LogP contribution in [0.4, 0.5) is 0 Å². The SMILES string of the molecule is CCCC(C)(C)N1CCN2CCCC2C1. The molecule has 0 radical (unpaired) electrons. The van der Waals surface area contributed by atoms with Crippen molar-refractivity contribution in [1.29, 1.82) is 0 Å². The first-order chi connectivity index (χ1) is 7.13. The average molecular weight is 210 g/mol. The Kier molecular flexibility index (Phi) is 3.36. The third kappa shape index (κ3) is 2.36. The topological polar surface area (TPSA) is 6.48 Å². The Hall–Kier alpha value is -0.0800. The number of rotatable bonds is 3. The lowest BCUT2D eigenvalue weighted by atomic mass is 9.94. The number of hydrogen-bond acceptors (Lipinski definition) is 2. The van der Waals surface area contributed by atoms with Crippen molar-refractivity contribution < 1.29 is 0 Å². The van der Waals surface area contributed by atoms with E-state index in [1.807, 2.05) is 0 Å². The molecule has 2 heterocycles. The van der Waals surface area contributed by atoms with Crippen molar-refractivity contribution in [3.63, 3.8) is 0 Å². The van der Waals surface area contributed by atoms with E-state index in [0.29, 0.717) is 5.54 Å². The summed E-state index contributed by atoms with van der Waals surface area (Å²) in [6.45, 7) is 12.4. The van der Waals surface area contributed by atoms with Crippen LogP contribution in [-0.2, 0) is 0 Å². The second-order valence-corrected chi connectivity index (χ2v) is 5.84. The molecule has 0 saturated carbocycles. The van der Waals surface area contributed by atoms with Crippen LogP contribution in [0.25, 0.3) is 0 Å². The van der Waals surface area contributed by atoms with Gasteiger partial charge in [-0.25, -0.2) is 0 Å². The van der Waals surface area contributed by atoms with Crippen LogP contribution in [0, 0.1) is 0 Å². The quantitative estimate of drug-likeness (QED) is 0.705. The minimum absolute atomic E-state index is 0.420. The molecular formula is C13H26N2. The van der Waals surface area contributed by atoms with Crippen LogP contribution in [-0.4, -0.2) is 47.6 Å². The lowest BCUT2D eigenvalue weighted by Gasteiger charge is -2.46. The van der Waals surface area contributed by atoms with Gasteiger partial charge in [0.15, 0.2) is 0 Å². The highest BCUT2D eigenvalue weighted by molar-refractivity contribution is 4.92. The fourth-order valence-electron chi connectivity index (χ4n) is 3.31. The van der Waals surface area contributed by atoms with Crippen LogP contribution in [0.15, 0.2) is 0 Å². The van der Waals surface area contributed by atoms with Gasteiger partial charge in [0.25, 0.3) is 0 Å². The Balaban J connectivity index is 1.94. The molecule has 2 nitrogen and oxygen atoms in total. The van der Waals surface area contributed by atoms with Crippen LogP contribution in [0.2, 0.25) is 0 Å². The fourth-order valence-corrected chi connectivity index (χ4v) is 3.31. The van der Waals surface area contributed by atoms with Crippen molar-refractivity contribution in [2.24, 2.45) is 0 Å². The molecule has 2 fully saturated rings. The summed E-state index contributed by atoms with van der Waals surface area (Å²) < 4.78 is 0. The summed E-state index contributed by atoms with van der Waals surface area (Å²) in [7, 11) is 0. The zero-order valence-electron chi connectivity index (χ0n) is 10.6. The van der Waals surface area contributed by atoms with Crippen molar-refractivity contribution >= 4 is 0 Å². The minimum Gasteiger partial charge on any atom is -0.298 e. The highest BCUT2D eigenvalue weighted by atomic mass is 15.3. The number of hydrogen-bond donors (Lipinski definition) is 0. The molecule has 0 N–H and O–H groups in total. The summed E-state index contributed by atoms with van der Waals surface area (Å²) in [6.07, 6.45) is 5.49. The molecule has 0 aliphatic carbocycles. The Morgan fingerprint density at radius 2 is 2.00 bits per heavy atom. The van der Waals surface area contributed by atoms with E-state index in [2.05, 4.69) is 30.6 Å². The minimum atomic E-state index is 0.420. The second kappa shape index (κ2) is 4.42. The Morgan fingerprint density at radius 3 is 2.73 bits per heavy atom. The summed E-state index contributed by atoms with van der Waals surface area (Å²) in [5.74, 6) is 0. The van der Waals surface area contributed by atoms with Crippen molar-refractivity contribution in [3.8, 4) is 0 Å². The molecule has 1 atom stereocenters. The Labute approximate surface area is 94.6 Å². The molecule has 0 spiro atoms. The van der Waals surface area contributed by atoms with Crippen LogP contribution in [0.1, 0.15) is 46.5 Å². The summed E-state index contributed by atoms with van der Waals surface area (Å²) in [4.78, 5) is 5.42. The van der Waals surface area contributed by atoms with Crippen LogP contribution >= 0.6 is 0 Å². The standard InChI is InChI=1S/C13H26N2/c1-4-7-13(2,3)15-10-9-14-8-5-6-12(14)11-15/h12H,4-11H2,1-3H3. The largest absolute Gasteiger partial charge is 0.298 e. The Bertz CT molecular complexity index is 213. The van der Waals surface area contributed by atoms with Gasteiger partial charge in [-0.15, -0.1) is 0 Å². The van der Waals surface area contributed by atoms with E-state index in [4.69, 9.17) is 0 Å². The van der Waals surface area contributed by atoms with Gasteiger partial charge in [0.05, 0.1) is 0 Å².